The number of rotatable bonds is 7. The lowest BCUT2D eigenvalue weighted by Crippen LogP contribution is -2.29. The Morgan fingerprint density at radius 3 is 2.76 bits per heavy atom. The average molecular weight is 345 g/mol. The Morgan fingerprint density at radius 1 is 1.20 bits per heavy atom. The van der Waals surface area contributed by atoms with Crippen LogP contribution < -0.4 is 0 Å². The van der Waals surface area contributed by atoms with E-state index in [1.807, 2.05) is 19.1 Å². The number of aryl methyl sites for hydroxylation is 2. The van der Waals surface area contributed by atoms with Gasteiger partial charge in [-0.15, -0.1) is 0 Å². The van der Waals surface area contributed by atoms with Crippen LogP contribution in [-0.4, -0.2) is 35.5 Å². The highest BCUT2D eigenvalue weighted by molar-refractivity contribution is 5.54. The highest BCUT2D eigenvalue weighted by atomic mass is 16.5. The van der Waals surface area contributed by atoms with E-state index in [1.54, 1.807) is 0 Å². The molecular weight excluding hydrogens is 318 g/mol. The highest BCUT2D eigenvalue weighted by Gasteiger charge is 2.23. The lowest BCUT2D eigenvalue weighted by molar-refractivity contribution is -0.0570. The molecule has 0 radical (unpaired) electrons. The first-order valence-corrected chi connectivity index (χ1v) is 9.03. The van der Waals surface area contributed by atoms with Gasteiger partial charge in [-0.1, -0.05) is 17.7 Å². The van der Waals surface area contributed by atoms with Gasteiger partial charge in [0.1, 0.15) is 11.5 Å². The second-order valence-corrected chi connectivity index (χ2v) is 6.71. The Labute approximate surface area is 149 Å². The van der Waals surface area contributed by atoms with E-state index in [2.05, 4.69) is 24.0 Å². The number of nitrogens with zero attached hydrogens (tertiary/aromatic N) is 1. The molecule has 136 valence electrons. The van der Waals surface area contributed by atoms with E-state index in [-0.39, 0.29) is 18.8 Å². The number of ether oxygens (including phenoxy) is 2. The van der Waals surface area contributed by atoms with Crippen LogP contribution in [0.15, 0.2) is 28.7 Å². The van der Waals surface area contributed by atoms with Gasteiger partial charge in [0, 0.05) is 5.56 Å². The summed E-state index contributed by atoms with van der Waals surface area (Å²) in [6, 6.07) is 8.14. The summed E-state index contributed by atoms with van der Waals surface area (Å²) < 4.78 is 17.5. The number of oxazole rings is 1. The lowest BCUT2D eigenvalue weighted by Gasteiger charge is -2.28. The van der Waals surface area contributed by atoms with Crippen LogP contribution >= 0.6 is 0 Å². The minimum absolute atomic E-state index is 0.0713. The van der Waals surface area contributed by atoms with Crippen molar-refractivity contribution in [3.05, 3.63) is 41.3 Å². The number of hydrogen-bond acceptors (Lipinski definition) is 5. The molecule has 5 heteroatoms. The summed E-state index contributed by atoms with van der Waals surface area (Å²) in [7, 11) is 0. The van der Waals surface area contributed by atoms with E-state index in [9.17, 15) is 0 Å². The second-order valence-electron chi connectivity index (χ2n) is 6.71. The minimum atomic E-state index is 0.0713. The van der Waals surface area contributed by atoms with Gasteiger partial charge in [0.25, 0.3) is 0 Å². The van der Waals surface area contributed by atoms with Gasteiger partial charge in [-0.3, -0.25) is 0 Å². The summed E-state index contributed by atoms with van der Waals surface area (Å²) in [5.41, 5.74) is 3.03. The van der Waals surface area contributed by atoms with E-state index in [1.165, 1.54) is 5.56 Å². The third-order valence-corrected chi connectivity index (χ3v) is 4.64. The smallest absolute Gasteiger partial charge is 0.226 e. The molecule has 1 heterocycles. The Balaban J connectivity index is 1.58. The van der Waals surface area contributed by atoms with Crippen molar-refractivity contribution in [3.63, 3.8) is 0 Å². The van der Waals surface area contributed by atoms with Gasteiger partial charge >= 0.3 is 0 Å². The van der Waals surface area contributed by atoms with Crippen molar-refractivity contribution in [2.75, 3.05) is 13.2 Å². The van der Waals surface area contributed by atoms with E-state index < -0.39 is 0 Å². The third-order valence-electron chi connectivity index (χ3n) is 4.64. The van der Waals surface area contributed by atoms with E-state index in [0.29, 0.717) is 19.1 Å². The molecular formula is C20H27NO4. The topological polar surface area (TPSA) is 64.7 Å². The fourth-order valence-electron chi connectivity index (χ4n) is 3.28. The molecule has 1 N–H and O–H groups in total. The number of benzene rings is 1. The molecule has 0 unspecified atom stereocenters. The molecule has 0 amide bonds. The van der Waals surface area contributed by atoms with Gasteiger partial charge in [0.05, 0.1) is 32.0 Å². The molecule has 0 bridgehead atoms. The Morgan fingerprint density at radius 2 is 2.00 bits per heavy atom. The summed E-state index contributed by atoms with van der Waals surface area (Å²) in [6.45, 7) is 4.92. The number of aliphatic hydroxyl groups is 1. The highest BCUT2D eigenvalue weighted by Crippen LogP contribution is 2.26. The Kier molecular flexibility index (Phi) is 6.24. The molecule has 1 aliphatic rings. The summed E-state index contributed by atoms with van der Waals surface area (Å²) in [5.74, 6) is 1.45. The molecule has 1 fully saturated rings. The lowest BCUT2D eigenvalue weighted by atomic mass is 9.95. The quantitative estimate of drug-likeness (QED) is 0.827. The van der Waals surface area contributed by atoms with E-state index in [4.69, 9.17) is 19.0 Å². The van der Waals surface area contributed by atoms with Crippen molar-refractivity contribution in [2.24, 2.45) is 0 Å². The molecule has 0 spiro atoms. The molecule has 0 saturated heterocycles. The summed E-state index contributed by atoms with van der Waals surface area (Å²) in [6.07, 6.45) is 4.42. The first kappa shape index (κ1) is 18.1. The summed E-state index contributed by atoms with van der Waals surface area (Å²) in [4.78, 5) is 4.62. The van der Waals surface area contributed by atoms with Gasteiger partial charge < -0.3 is 19.0 Å². The molecule has 5 nitrogen and oxygen atoms in total. The normalized spacial score (nSPS) is 20.8. The van der Waals surface area contributed by atoms with Crippen LogP contribution in [0.1, 0.15) is 42.7 Å². The summed E-state index contributed by atoms with van der Waals surface area (Å²) >= 11 is 0. The van der Waals surface area contributed by atoms with Crippen LogP contribution in [-0.2, 0) is 16.1 Å². The Bertz CT molecular complexity index is 682. The van der Waals surface area contributed by atoms with Crippen LogP contribution in [0.4, 0.5) is 0 Å². The summed E-state index contributed by atoms with van der Waals surface area (Å²) in [5, 5.41) is 8.88. The zero-order chi connectivity index (χ0) is 17.6. The van der Waals surface area contributed by atoms with Crippen molar-refractivity contribution in [1.82, 2.24) is 4.98 Å². The predicted octanol–water partition coefficient (Wildman–Crippen LogP) is 3.80. The van der Waals surface area contributed by atoms with Gasteiger partial charge in [0.15, 0.2) is 0 Å². The molecule has 25 heavy (non-hydrogen) atoms. The predicted molar refractivity (Wildman–Crippen MR) is 95.3 cm³/mol. The maximum atomic E-state index is 8.88. The first-order chi connectivity index (χ1) is 12.2. The van der Waals surface area contributed by atoms with Crippen LogP contribution in [0.5, 0.6) is 0 Å². The van der Waals surface area contributed by atoms with Crippen molar-refractivity contribution in [1.29, 1.82) is 0 Å². The van der Waals surface area contributed by atoms with Crippen molar-refractivity contribution >= 4 is 0 Å². The standard InChI is InChI=1S/C20H27NO4/c1-14-5-3-6-16(11-14)20-21-19(15(2)25-20)13-24-18-8-4-7-17(12-18)23-10-9-22/h3,5-6,11,17-18,22H,4,7-10,12-13H2,1-2H3/t17-,18+/m1/s1. The van der Waals surface area contributed by atoms with Crippen LogP contribution in [0.25, 0.3) is 11.5 Å². The van der Waals surface area contributed by atoms with Crippen molar-refractivity contribution < 1.29 is 19.0 Å². The van der Waals surface area contributed by atoms with Crippen molar-refractivity contribution in [3.8, 4) is 11.5 Å². The zero-order valence-corrected chi connectivity index (χ0v) is 15.0. The van der Waals surface area contributed by atoms with Crippen molar-refractivity contribution in [2.45, 2.75) is 58.3 Å². The maximum absolute atomic E-state index is 8.88. The van der Waals surface area contributed by atoms with Gasteiger partial charge in [-0.05, 0) is 51.7 Å². The van der Waals surface area contributed by atoms with Crippen LogP contribution in [0, 0.1) is 13.8 Å². The molecule has 1 saturated carbocycles. The van der Waals surface area contributed by atoms with Gasteiger partial charge in [0.2, 0.25) is 5.89 Å². The molecule has 1 aliphatic carbocycles. The van der Waals surface area contributed by atoms with Gasteiger partial charge in [-0.2, -0.15) is 0 Å². The monoisotopic (exact) mass is 345 g/mol. The second kappa shape index (κ2) is 8.61. The van der Waals surface area contributed by atoms with Gasteiger partial charge in [-0.25, -0.2) is 4.98 Å². The van der Waals surface area contributed by atoms with Crippen LogP contribution in [0.3, 0.4) is 0 Å². The fraction of sp³-hybridized carbons (Fsp3) is 0.550. The maximum Gasteiger partial charge on any atom is 0.226 e. The molecule has 1 aromatic heterocycles. The minimum Gasteiger partial charge on any atom is -0.441 e. The third kappa shape index (κ3) is 4.91. The average Bonchev–Trinajstić information content (AvgIpc) is 2.99. The van der Waals surface area contributed by atoms with E-state index in [0.717, 1.165) is 42.7 Å². The number of aromatic nitrogens is 1. The molecule has 3 rings (SSSR count). The molecule has 2 atom stereocenters. The molecule has 0 aliphatic heterocycles. The molecule has 2 aromatic rings. The van der Waals surface area contributed by atoms with E-state index >= 15 is 0 Å². The molecule has 1 aromatic carbocycles. The fourth-order valence-corrected chi connectivity index (χ4v) is 3.28. The SMILES string of the molecule is Cc1cccc(-c2nc(CO[C@H]3CCC[C@@H](OCCO)C3)c(C)o2)c1. The Hall–Kier alpha value is -1.69. The first-order valence-electron chi connectivity index (χ1n) is 9.03. The zero-order valence-electron chi connectivity index (χ0n) is 15.0. The number of hydrogen-bond donors (Lipinski definition) is 1. The number of aliphatic hydroxyl groups excluding tert-OH is 1. The van der Waals surface area contributed by atoms with Crippen LogP contribution in [0.2, 0.25) is 0 Å². The largest absolute Gasteiger partial charge is 0.441 e.